The van der Waals surface area contributed by atoms with E-state index >= 15 is 0 Å². The van der Waals surface area contributed by atoms with Gasteiger partial charge >= 0.3 is 11.1 Å². The predicted molar refractivity (Wildman–Crippen MR) is 82.9 cm³/mol. The SMILES string of the molecule is CC(=O)OCc1c(CCO[N+](=O)O)c(C)cc2c1CC(C)(C)C2. The molecule has 23 heavy (non-hydrogen) atoms. The number of rotatable bonds is 6. The Bertz CT molecular complexity index is 636. The standard InChI is InChI=1S/C17H24NO5/c1-11-7-13-8-17(3,4)9-15(13)16(10-22-12(2)19)14(11)5-6-23-18(20)21/h7H,5-6,8-10H2,1-4H3,(H,20,21)/q+1. The highest BCUT2D eigenvalue weighted by molar-refractivity contribution is 5.66. The first-order chi connectivity index (χ1) is 10.7. The molecule has 1 N–H and O–H groups in total. The van der Waals surface area contributed by atoms with Crippen LogP contribution >= 0.6 is 0 Å². The maximum Gasteiger partial charge on any atom is 0.475 e. The van der Waals surface area contributed by atoms with E-state index in [1.807, 2.05) is 6.92 Å². The van der Waals surface area contributed by atoms with E-state index in [9.17, 15) is 9.70 Å². The van der Waals surface area contributed by atoms with Gasteiger partial charge in [0.25, 0.3) is 0 Å². The van der Waals surface area contributed by atoms with Crippen molar-refractivity contribution in [2.45, 2.75) is 53.6 Å². The Morgan fingerprint density at radius 3 is 2.65 bits per heavy atom. The summed E-state index contributed by atoms with van der Waals surface area (Å²) >= 11 is 0. The van der Waals surface area contributed by atoms with Gasteiger partial charge in [-0.05, 0) is 53.0 Å². The van der Waals surface area contributed by atoms with Crippen LogP contribution in [0.25, 0.3) is 0 Å². The van der Waals surface area contributed by atoms with Gasteiger partial charge in [-0.25, -0.2) is 5.21 Å². The number of hydrogen-bond acceptors (Lipinski definition) is 4. The Morgan fingerprint density at radius 1 is 1.35 bits per heavy atom. The summed E-state index contributed by atoms with van der Waals surface area (Å²) < 4.78 is 5.24. The molecule has 1 aliphatic carbocycles. The van der Waals surface area contributed by atoms with Gasteiger partial charge in [0.05, 0.1) is 0 Å². The minimum Gasteiger partial charge on any atom is -0.461 e. The van der Waals surface area contributed by atoms with Crippen molar-refractivity contribution in [3.63, 3.8) is 0 Å². The largest absolute Gasteiger partial charge is 0.475 e. The first-order valence-corrected chi connectivity index (χ1v) is 7.75. The molecule has 1 aliphatic rings. The molecule has 0 heterocycles. The Balaban J connectivity index is 2.35. The summed E-state index contributed by atoms with van der Waals surface area (Å²) in [4.78, 5) is 26.3. The lowest BCUT2D eigenvalue weighted by molar-refractivity contribution is -0.975. The van der Waals surface area contributed by atoms with Gasteiger partial charge in [0.1, 0.15) is 11.5 Å². The Kier molecular flexibility index (Phi) is 4.92. The van der Waals surface area contributed by atoms with Crippen molar-refractivity contribution in [3.8, 4) is 0 Å². The summed E-state index contributed by atoms with van der Waals surface area (Å²) in [6.45, 7) is 8.14. The summed E-state index contributed by atoms with van der Waals surface area (Å²) in [6.07, 6.45) is 2.40. The molecule has 0 spiro atoms. The van der Waals surface area contributed by atoms with Crippen molar-refractivity contribution in [1.29, 1.82) is 0 Å². The molecule has 1 aromatic carbocycles. The molecule has 0 aromatic heterocycles. The van der Waals surface area contributed by atoms with Crippen LogP contribution in [0.3, 0.4) is 0 Å². The van der Waals surface area contributed by atoms with Gasteiger partial charge in [0.15, 0.2) is 6.61 Å². The lowest BCUT2D eigenvalue weighted by atomic mass is 9.89. The van der Waals surface area contributed by atoms with Gasteiger partial charge in [0.2, 0.25) is 0 Å². The van der Waals surface area contributed by atoms with Gasteiger partial charge in [-0.15, -0.1) is 0 Å². The van der Waals surface area contributed by atoms with Gasteiger partial charge in [-0.2, -0.15) is 4.84 Å². The van der Waals surface area contributed by atoms with Crippen LogP contribution in [-0.2, 0) is 40.2 Å². The summed E-state index contributed by atoms with van der Waals surface area (Å²) in [5.74, 6) is -0.319. The first kappa shape index (κ1) is 17.2. The first-order valence-electron chi connectivity index (χ1n) is 7.75. The zero-order valence-corrected chi connectivity index (χ0v) is 14.1. The fourth-order valence-corrected chi connectivity index (χ4v) is 3.41. The van der Waals surface area contributed by atoms with Crippen LogP contribution in [0.5, 0.6) is 0 Å². The van der Waals surface area contributed by atoms with E-state index in [0.29, 0.717) is 6.42 Å². The van der Waals surface area contributed by atoms with Crippen molar-refractivity contribution in [1.82, 2.24) is 0 Å². The highest BCUT2D eigenvalue weighted by Crippen LogP contribution is 2.40. The molecule has 0 unspecified atom stereocenters. The average molecular weight is 322 g/mol. The second-order valence-electron chi connectivity index (χ2n) is 6.91. The fourth-order valence-electron chi connectivity index (χ4n) is 3.41. The van der Waals surface area contributed by atoms with Crippen LogP contribution in [0.2, 0.25) is 0 Å². The normalized spacial score (nSPS) is 15.1. The van der Waals surface area contributed by atoms with Gasteiger partial charge in [-0.3, -0.25) is 4.79 Å². The fraction of sp³-hybridized carbons (Fsp3) is 0.588. The second kappa shape index (κ2) is 6.56. The van der Waals surface area contributed by atoms with E-state index in [1.165, 1.54) is 18.1 Å². The minimum absolute atomic E-state index is 0.0656. The van der Waals surface area contributed by atoms with E-state index in [1.54, 1.807) is 0 Å². The van der Waals surface area contributed by atoms with Crippen LogP contribution in [0.4, 0.5) is 0 Å². The number of esters is 1. The van der Waals surface area contributed by atoms with Crippen molar-refractivity contribution >= 4 is 5.97 Å². The third kappa shape index (κ3) is 4.21. The van der Waals surface area contributed by atoms with Gasteiger partial charge in [-0.1, -0.05) is 19.9 Å². The van der Waals surface area contributed by atoms with Crippen LogP contribution in [0, 0.1) is 17.2 Å². The summed E-state index contributed by atoms with van der Waals surface area (Å²) in [5, 5.41) is 8.02. The van der Waals surface area contributed by atoms with E-state index in [4.69, 9.17) is 9.94 Å². The van der Waals surface area contributed by atoms with E-state index in [-0.39, 0.29) is 24.6 Å². The van der Waals surface area contributed by atoms with E-state index in [2.05, 4.69) is 24.8 Å². The number of hydrogen-bond donors (Lipinski definition) is 1. The number of nitrogens with zero attached hydrogens (tertiary/aromatic N) is 1. The van der Waals surface area contributed by atoms with Gasteiger partial charge in [0, 0.05) is 13.3 Å². The molecule has 0 amide bonds. The van der Waals surface area contributed by atoms with Crippen molar-refractivity contribution in [2.75, 3.05) is 6.61 Å². The number of ether oxygens (including phenoxy) is 1. The summed E-state index contributed by atoms with van der Waals surface area (Å²) in [5.41, 5.74) is 5.84. The molecule has 126 valence electrons. The maximum absolute atomic E-state index is 11.2. The van der Waals surface area contributed by atoms with Crippen molar-refractivity contribution < 1.29 is 24.7 Å². The third-order valence-electron chi connectivity index (χ3n) is 4.28. The average Bonchev–Trinajstić information content (AvgIpc) is 2.71. The molecule has 6 nitrogen and oxygen atoms in total. The lowest BCUT2D eigenvalue weighted by Gasteiger charge is -2.18. The molecule has 0 saturated heterocycles. The van der Waals surface area contributed by atoms with E-state index < -0.39 is 5.09 Å². The Hall–Kier alpha value is -2.11. The quantitative estimate of drug-likeness (QED) is 0.644. The molecule has 6 heteroatoms. The van der Waals surface area contributed by atoms with Gasteiger partial charge < -0.3 is 4.74 Å². The zero-order valence-electron chi connectivity index (χ0n) is 14.1. The van der Waals surface area contributed by atoms with Crippen LogP contribution < -0.4 is 0 Å². The molecular weight excluding hydrogens is 298 g/mol. The lowest BCUT2D eigenvalue weighted by Crippen LogP contribution is -2.13. The molecule has 0 atom stereocenters. The van der Waals surface area contributed by atoms with Crippen molar-refractivity contribution in [2.24, 2.45) is 5.41 Å². The third-order valence-corrected chi connectivity index (χ3v) is 4.28. The molecule has 0 saturated carbocycles. The molecular formula is C17H24NO5+. The highest BCUT2D eigenvalue weighted by Gasteiger charge is 2.32. The molecule has 1 aromatic rings. The number of carbonyl (C=O) groups excluding carboxylic acids is 1. The molecule has 0 aliphatic heterocycles. The van der Waals surface area contributed by atoms with Crippen LogP contribution in [-0.4, -0.2) is 22.9 Å². The molecule has 0 bridgehead atoms. The van der Waals surface area contributed by atoms with E-state index in [0.717, 1.165) is 29.5 Å². The Morgan fingerprint density at radius 2 is 2.04 bits per heavy atom. The summed E-state index contributed by atoms with van der Waals surface area (Å²) in [6, 6.07) is 2.17. The number of aryl methyl sites for hydroxylation is 1. The predicted octanol–water partition coefficient (Wildman–Crippen LogP) is 2.83. The van der Waals surface area contributed by atoms with Crippen molar-refractivity contribution in [3.05, 3.63) is 38.8 Å². The second-order valence-corrected chi connectivity index (χ2v) is 6.91. The molecule has 2 rings (SSSR count). The monoisotopic (exact) mass is 322 g/mol. The molecule has 0 radical (unpaired) electrons. The zero-order chi connectivity index (χ0) is 17.2. The number of benzene rings is 1. The van der Waals surface area contributed by atoms with Crippen LogP contribution in [0.15, 0.2) is 6.07 Å². The summed E-state index contributed by atoms with van der Waals surface area (Å²) in [7, 11) is 0. The Labute approximate surface area is 135 Å². The molecule has 0 fully saturated rings. The maximum atomic E-state index is 11.2. The number of carbonyl (C=O) groups is 1. The topological polar surface area (TPSA) is 75.8 Å². The minimum atomic E-state index is -0.530. The smallest absolute Gasteiger partial charge is 0.461 e. The highest BCUT2D eigenvalue weighted by atomic mass is 16.9. The van der Waals surface area contributed by atoms with Crippen LogP contribution in [0.1, 0.15) is 48.6 Å². The number of fused-ring (bicyclic) bond motifs is 1.